The Morgan fingerprint density at radius 3 is 2.95 bits per heavy atom. The third kappa shape index (κ3) is 2.58. The molecular weight excluding hydrogens is 271 g/mol. The summed E-state index contributed by atoms with van der Waals surface area (Å²) < 4.78 is 13.5. The van der Waals surface area contributed by atoms with E-state index in [-0.39, 0.29) is 16.5 Å². The number of hydrogen-bond acceptors (Lipinski definition) is 3. The molecule has 0 saturated heterocycles. The molecular formula is C12H10ClFN4O. The predicted molar refractivity (Wildman–Crippen MR) is 67.7 cm³/mol. The number of anilines is 1. The lowest BCUT2D eigenvalue weighted by Gasteiger charge is -2.03. The number of aromatic amines is 1. The smallest absolute Gasteiger partial charge is 0.295 e. The van der Waals surface area contributed by atoms with Gasteiger partial charge in [0.15, 0.2) is 0 Å². The first-order valence-electron chi connectivity index (χ1n) is 5.82. The molecule has 1 saturated carbocycles. The highest BCUT2D eigenvalue weighted by Crippen LogP contribution is 2.37. The van der Waals surface area contributed by atoms with Crippen LogP contribution in [-0.2, 0) is 0 Å². The molecule has 98 valence electrons. The number of nitrogens with one attached hydrogen (secondary N) is 2. The standard InChI is InChI=1S/C12H10ClFN4O/c13-7-3-4-9(8(14)5-7)15-12(19)11-16-10(17-18-11)6-1-2-6/h3-6H,1-2H2,(H,15,19)(H,16,17,18). The van der Waals surface area contributed by atoms with Crippen LogP contribution in [0.3, 0.4) is 0 Å². The zero-order valence-electron chi connectivity index (χ0n) is 9.78. The second-order valence-electron chi connectivity index (χ2n) is 4.40. The monoisotopic (exact) mass is 280 g/mol. The van der Waals surface area contributed by atoms with Gasteiger partial charge in [-0.15, -0.1) is 5.10 Å². The highest BCUT2D eigenvalue weighted by molar-refractivity contribution is 6.30. The van der Waals surface area contributed by atoms with Crippen LogP contribution in [0.4, 0.5) is 10.1 Å². The van der Waals surface area contributed by atoms with Gasteiger partial charge in [-0.2, -0.15) is 0 Å². The van der Waals surface area contributed by atoms with Crippen LogP contribution in [0, 0.1) is 5.82 Å². The molecule has 5 nitrogen and oxygen atoms in total. The summed E-state index contributed by atoms with van der Waals surface area (Å²) in [5, 5.41) is 9.22. The molecule has 1 heterocycles. The molecule has 0 atom stereocenters. The van der Waals surface area contributed by atoms with Crippen LogP contribution < -0.4 is 5.32 Å². The van der Waals surface area contributed by atoms with Crippen molar-refractivity contribution in [3.05, 3.63) is 40.7 Å². The van der Waals surface area contributed by atoms with Crippen molar-refractivity contribution in [1.82, 2.24) is 15.2 Å². The molecule has 3 rings (SSSR count). The summed E-state index contributed by atoms with van der Waals surface area (Å²) in [4.78, 5) is 15.9. The SMILES string of the molecule is O=C(Nc1ccc(Cl)cc1F)c1n[nH]c(C2CC2)n1. The normalized spacial score (nSPS) is 14.4. The van der Waals surface area contributed by atoms with Crippen molar-refractivity contribution in [3.63, 3.8) is 0 Å². The van der Waals surface area contributed by atoms with Crippen molar-refractivity contribution in [2.24, 2.45) is 0 Å². The van der Waals surface area contributed by atoms with E-state index in [1.165, 1.54) is 12.1 Å². The summed E-state index contributed by atoms with van der Waals surface area (Å²) in [5.41, 5.74) is 0.0483. The van der Waals surface area contributed by atoms with Gasteiger partial charge in [-0.05, 0) is 31.0 Å². The molecule has 0 aliphatic heterocycles. The van der Waals surface area contributed by atoms with Crippen LogP contribution in [0.25, 0.3) is 0 Å². The van der Waals surface area contributed by atoms with E-state index in [9.17, 15) is 9.18 Å². The second kappa shape index (κ2) is 4.62. The Kier molecular flexibility index (Phi) is 2.94. The van der Waals surface area contributed by atoms with Crippen molar-refractivity contribution in [2.75, 3.05) is 5.32 Å². The lowest BCUT2D eigenvalue weighted by molar-refractivity contribution is 0.101. The van der Waals surface area contributed by atoms with E-state index < -0.39 is 11.7 Å². The number of hydrogen-bond donors (Lipinski definition) is 2. The molecule has 1 aliphatic rings. The molecule has 1 fully saturated rings. The van der Waals surface area contributed by atoms with Crippen LogP contribution in [0.5, 0.6) is 0 Å². The van der Waals surface area contributed by atoms with E-state index in [0.717, 1.165) is 18.9 Å². The van der Waals surface area contributed by atoms with Crippen LogP contribution in [0.1, 0.15) is 35.2 Å². The zero-order chi connectivity index (χ0) is 13.4. The summed E-state index contributed by atoms with van der Waals surface area (Å²) in [5.74, 6) is -0.0533. The van der Waals surface area contributed by atoms with Gasteiger partial charge in [0.25, 0.3) is 5.91 Å². The average molecular weight is 281 g/mol. The Morgan fingerprint density at radius 1 is 1.47 bits per heavy atom. The molecule has 1 aromatic heterocycles. The fourth-order valence-electron chi connectivity index (χ4n) is 1.68. The van der Waals surface area contributed by atoms with Crippen molar-refractivity contribution >= 4 is 23.2 Å². The average Bonchev–Trinajstić information content (AvgIpc) is 3.10. The number of H-pyrrole nitrogens is 1. The molecule has 0 unspecified atom stereocenters. The van der Waals surface area contributed by atoms with Crippen LogP contribution in [0.2, 0.25) is 5.02 Å². The number of carbonyl (C=O) groups excluding carboxylic acids is 1. The van der Waals surface area contributed by atoms with Crippen LogP contribution in [0.15, 0.2) is 18.2 Å². The van der Waals surface area contributed by atoms with Crippen molar-refractivity contribution in [1.29, 1.82) is 0 Å². The maximum atomic E-state index is 13.5. The minimum atomic E-state index is -0.598. The molecule has 0 spiro atoms. The first-order valence-corrected chi connectivity index (χ1v) is 6.20. The fourth-order valence-corrected chi connectivity index (χ4v) is 1.84. The number of rotatable bonds is 3. The third-order valence-corrected chi connectivity index (χ3v) is 3.08. The van der Waals surface area contributed by atoms with Crippen LogP contribution >= 0.6 is 11.6 Å². The van der Waals surface area contributed by atoms with E-state index in [1.54, 1.807) is 0 Å². The summed E-state index contributed by atoms with van der Waals surface area (Å²) in [7, 11) is 0. The van der Waals surface area contributed by atoms with Gasteiger partial charge in [0.2, 0.25) is 5.82 Å². The number of benzene rings is 1. The maximum absolute atomic E-state index is 13.5. The lowest BCUT2D eigenvalue weighted by atomic mass is 10.3. The molecule has 1 aromatic carbocycles. The van der Waals surface area contributed by atoms with Gasteiger partial charge in [0.05, 0.1) is 5.69 Å². The molecule has 0 bridgehead atoms. The quantitative estimate of drug-likeness (QED) is 0.908. The zero-order valence-corrected chi connectivity index (χ0v) is 10.5. The highest BCUT2D eigenvalue weighted by Gasteiger charge is 2.28. The first-order chi connectivity index (χ1) is 9.13. The molecule has 19 heavy (non-hydrogen) atoms. The summed E-state index contributed by atoms with van der Waals surface area (Å²) >= 11 is 5.63. The summed E-state index contributed by atoms with van der Waals surface area (Å²) in [6.07, 6.45) is 2.12. The number of carbonyl (C=O) groups is 1. The third-order valence-electron chi connectivity index (χ3n) is 2.85. The van der Waals surface area contributed by atoms with Gasteiger partial charge in [-0.1, -0.05) is 11.6 Å². The largest absolute Gasteiger partial charge is 0.317 e. The lowest BCUT2D eigenvalue weighted by Crippen LogP contribution is -2.14. The van der Waals surface area contributed by atoms with Gasteiger partial charge in [0.1, 0.15) is 11.6 Å². The van der Waals surface area contributed by atoms with E-state index in [2.05, 4.69) is 20.5 Å². The van der Waals surface area contributed by atoms with E-state index in [1.807, 2.05) is 0 Å². The Bertz CT molecular complexity index is 638. The van der Waals surface area contributed by atoms with E-state index in [0.29, 0.717) is 11.7 Å². The number of aromatic nitrogens is 3. The Hall–Kier alpha value is -1.95. The summed E-state index contributed by atoms with van der Waals surface area (Å²) in [6.45, 7) is 0. The molecule has 7 heteroatoms. The molecule has 1 aliphatic carbocycles. The topological polar surface area (TPSA) is 70.7 Å². The minimum Gasteiger partial charge on any atom is -0.317 e. The molecule has 1 amide bonds. The maximum Gasteiger partial charge on any atom is 0.295 e. The van der Waals surface area contributed by atoms with E-state index >= 15 is 0 Å². The van der Waals surface area contributed by atoms with Gasteiger partial charge in [-0.3, -0.25) is 9.89 Å². The molecule has 0 radical (unpaired) electrons. The molecule has 2 N–H and O–H groups in total. The molecule has 2 aromatic rings. The van der Waals surface area contributed by atoms with Crippen molar-refractivity contribution < 1.29 is 9.18 Å². The van der Waals surface area contributed by atoms with Crippen molar-refractivity contribution in [3.8, 4) is 0 Å². The van der Waals surface area contributed by atoms with E-state index in [4.69, 9.17) is 11.6 Å². The number of nitrogens with zero attached hydrogens (tertiary/aromatic N) is 2. The van der Waals surface area contributed by atoms with Crippen molar-refractivity contribution in [2.45, 2.75) is 18.8 Å². The van der Waals surface area contributed by atoms with Gasteiger partial charge >= 0.3 is 0 Å². The fraction of sp³-hybridized carbons (Fsp3) is 0.250. The Balaban J connectivity index is 1.76. The summed E-state index contributed by atoms with van der Waals surface area (Å²) in [6, 6.07) is 4.02. The van der Waals surface area contributed by atoms with Crippen LogP contribution in [-0.4, -0.2) is 21.1 Å². The predicted octanol–water partition coefficient (Wildman–Crippen LogP) is 2.73. The second-order valence-corrected chi connectivity index (χ2v) is 4.83. The number of halogens is 2. The Morgan fingerprint density at radius 2 is 2.26 bits per heavy atom. The highest BCUT2D eigenvalue weighted by atomic mass is 35.5. The van der Waals surface area contributed by atoms with Gasteiger partial charge in [-0.25, -0.2) is 9.37 Å². The minimum absolute atomic E-state index is 0.0104. The first kappa shape index (κ1) is 12.1. The Labute approximate surface area is 113 Å². The number of amides is 1. The van der Waals surface area contributed by atoms with Gasteiger partial charge in [0, 0.05) is 10.9 Å². The van der Waals surface area contributed by atoms with Gasteiger partial charge < -0.3 is 5.32 Å².